The average Bonchev–Trinajstić information content (AvgIpc) is 2.49. The van der Waals surface area contributed by atoms with Gasteiger partial charge in [-0.2, -0.15) is 0 Å². The van der Waals surface area contributed by atoms with Crippen LogP contribution in [0.2, 0.25) is 0 Å². The molecule has 2 unspecified atom stereocenters. The molecule has 4 nitrogen and oxygen atoms in total. The number of nitrogens with one attached hydrogen (secondary N) is 1. The average molecular weight is 306 g/mol. The van der Waals surface area contributed by atoms with Gasteiger partial charge in [-0.1, -0.05) is 44.2 Å². The molecule has 0 aliphatic rings. The first kappa shape index (κ1) is 18.7. The third-order valence-electron chi connectivity index (χ3n) is 3.87. The molecule has 1 rings (SSSR count). The van der Waals surface area contributed by atoms with Crippen LogP contribution in [-0.2, 0) is 4.79 Å². The molecular formula is C18H30N2O2. The lowest BCUT2D eigenvalue weighted by Crippen LogP contribution is -2.50. The van der Waals surface area contributed by atoms with Crippen molar-refractivity contribution in [1.29, 1.82) is 0 Å². The second-order valence-corrected chi connectivity index (χ2v) is 6.61. The fourth-order valence-electron chi connectivity index (χ4n) is 2.49. The summed E-state index contributed by atoms with van der Waals surface area (Å²) in [6.07, 6.45) is 0. The first-order valence-corrected chi connectivity index (χ1v) is 8.03. The second-order valence-electron chi connectivity index (χ2n) is 6.61. The highest BCUT2D eigenvalue weighted by Crippen LogP contribution is 2.13. The monoisotopic (exact) mass is 306 g/mol. The number of rotatable bonds is 8. The highest BCUT2D eigenvalue weighted by Gasteiger charge is 2.25. The van der Waals surface area contributed by atoms with Crippen LogP contribution < -0.4 is 5.32 Å². The molecule has 4 heteroatoms. The van der Waals surface area contributed by atoms with Crippen molar-refractivity contribution in [2.45, 2.75) is 52.2 Å². The van der Waals surface area contributed by atoms with Crippen LogP contribution in [0.1, 0.15) is 46.1 Å². The number of carbonyl (C=O) groups is 1. The van der Waals surface area contributed by atoms with Crippen molar-refractivity contribution in [3.05, 3.63) is 35.9 Å². The summed E-state index contributed by atoms with van der Waals surface area (Å²) in [6.45, 7) is 11.3. The van der Waals surface area contributed by atoms with Crippen LogP contribution in [0.15, 0.2) is 30.3 Å². The van der Waals surface area contributed by atoms with E-state index in [9.17, 15) is 9.90 Å². The molecule has 22 heavy (non-hydrogen) atoms. The first-order valence-electron chi connectivity index (χ1n) is 8.03. The van der Waals surface area contributed by atoms with Gasteiger partial charge in [0.2, 0.25) is 5.91 Å². The van der Waals surface area contributed by atoms with Gasteiger partial charge in [-0.25, -0.2) is 0 Å². The highest BCUT2D eigenvalue weighted by atomic mass is 16.3. The molecule has 0 aliphatic heterocycles. The van der Waals surface area contributed by atoms with Gasteiger partial charge < -0.3 is 10.4 Å². The number of nitrogens with zero attached hydrogens (tertiary/aromatic N) is 1. The maximum absolute atomic E-state index is 12.3. The molecule has 2 atom stereocenters. The standard InChI is InChI=1S/C18H30N2O2/c1-6-20(13-18(4,5)22)15(3)17(21)19-12-14(2)16-10-8-7-9-11-16/h7-11,14-15,22H,6,12-13H2,1-5H3,(H,19,21). The predicted molar refractivity (Wildman–Crippen MR) is 90.9 cm³/mol. The topological polar surface area (TPSA) is 52.6 Å². The van der Waals surface area contributed by atoms with Gasteiger partial charge in [0.15, 0.2) is 0 Å². The normalized spacial score (nSPS) is 14.7. The Balaban J connectivity index is 2.53. The Hall–Kier alpha value is -1.39. The molecule has 0 fully saturated rings. The SMILES string of the molecule is CCN(CC(C)(C)O)C(C)C(=O)NCC(C)c1ccccc1. The summed E-state index contributed by atoms with van der Waals surface area (Å²) in [7, 11) is 0. The molecular weight excluding hydrogens is 276 g/mol. The smallest absolute Gasteiger partial charge is 0.237 e. The van der Waals surface area contributed by atoms with E-state index >= 15 is 0 Å². The van der Waals surface area contributed by atoms with Gasteiger partial charge in [-0.05, 0) is 38.8 Å². The van der Waals surface area contributed by atoms with E-state index in [0.717, 1.165) is 6.54 Å². The lowest BCUT2D eigenvalue weighted by atomic mass is 10.0. The van der Waals surface area contributed by atoms with Gasteiger partial charge in [0.25, 0.3) is 0 Å². The summed E-state index contributed by atoms with van der Waals surface area (Å²) < 4.78 is 0. The molecule has 0 heterocycles. The zero-order valence-electron chi connectivity index (χ0n) is 14.5. The van der Waals surface area contributed by atoms with Crippen LogP contribution in [0.5, 0.6) is 0 Å². The number of hydrogen-bond acceptors (Lipinski definition) is 3. The van der Waals surface area contributed by atoms with Gasteiger partial charge >= 0.3 is 0 Å². The second kappa shape index (κ2) is 8.30. The minimum absolute atomic E-state index is 0.00822. The molecule has 0 bridgehead atoms. The van der Waals surface area contributed by atoms with E-state index in [1.807, 2.05) is 36.9 Å². The minimum Gasteiger partial charge on any atom is -0.389 e. The number of hydrogen-bond donors (Lipinski definition) is 2. The van der Waals surface area contributed by atoms with Crippen molar-refractivity contribution < 1.29 is 9.90 Å². The van der Waals surface area contributed by atoms with Crippen LogP contribution in [0.3, 0.4) is 0 Å². The third kappa shape index (κ3) is 6.16. The van der Waals surface area contributed by atoms with Crippen molar-refractivity contribution in [2.75, 3.05) is 19.6 Å². The van der Waals surface area contributed by atoms with E-state index in [1.165, 1.54) is 5.56 Å². The Labute approximate surface area is 134 Å². The first-order chi connectivity index (χ1) is 10.2. The van der Waals surface area contributed by atoms with Crippen LogP contribution in [0.25, 0.3) is 0 Å². The molecule has 0 aliphatic carbocycles. The van der Waals surface area contributed by atoms with Gasteiger partial charge in [0.05, 0.1) is 11.6 Å². The number of aliphatic hydroxyl groups is 1. The van der Waals surface area contributed by atoms with Crippen LogP contribution in [0, 0.1) is 0 Å². The Morgan fingerprint density at radius 2 is 1.86 bits per heavy atom. The Morgan fingerprint density at radius 3 is 2.36 bits per heavy atom. The van der Waals surface area contributed by atoms with Crippen LogP contribution >= 0.6 is 0 Å². The molecule has 0 saturated heterocycles. The number of carbonyl (C=O) groups excluding carboxylic acids is 1. The Kier molecular flexibility index (Phi) is 7.04. The third-order valence-corrected chi connectivity index (χ3v) is 3.87. The van der Waals surface area contributed by atoms with E-state index in [2.05, 4.69) is 24.4 Å². The molecule has 0 radical (unpaired) electrons. The molecule has 0 aromatic heterocycles. The zero-order chi connectivity index (χ0) is 16.8. The number of amides is 1. The maximum atomic E-state index is 12.3. The molecule has 2 N–H and O–H groups in total. The van der Waals surface area contributed by atoms with Gasteiger partial charge in [-0.15, -0.1) is 0 Å². The molecule has 1 amide bonds. The van der Waals surface area contributed by atoms with Gasteiger partial charge in [0, 0.05) is 13.1 Å². The van der Waals surface area contributed by atoms with Crippen molar-refractivity contribution in [3.8, 4) is 0 Å². The summed E-state index contributed by atoms with van der Waals surface area (Å²) in [5.74, 6) is 0.288. The van der Waals surface area contributed by atoms with E-state index in [1.54, 1.807) is 13.8 Å². The maximum Gasteiger partial charge on any atom is 0.237 e. The Bertz CT molecular complexity index is 454. The lowest BCUT2D eigenvalue weighted by molar-refractivity contribution is -0.126. The Morgan fingerprint density at radius 1 is 1.27 bits per heavy atom. The lowest BCUT2D eigenvalue weighted by Gasteiger charge is -2.32. The summed E-state index contributed by atoms with van der Waals surface area (Å²) in [4.78, 5) is 14.3. The molecule has 0 spiro atoms. The van der Waals surface area contributed by atoms with Gasteiger partial charge in [0.1, 0.15) is 0 Å². The summed E-state index contributed by atoms with van der Waals surface area (Å²) >= 11 is 0. The highest BCUT2D eigenvalue weighted by molar-refractivity contribution is 5.81. The number of benzene rings is 1. The summed E-state index contributed by atoms with van der Waals surface area (Å²) in [5, 5.41) is 13.0. The van der Waals surface area contributed by atoms with E-state index in [-0.39, 0.29) is 17.9 Å². The fraction of sp³-hybridized carbons (Fsp3) is 0.611. The molecule has 1 aromatic carbocycles. The largest absolute Gasteiger partial charge is 0.389 e. The summed E-state index contributed by atoms with van der Waals surface area (Å²) in [5.41, 5.74) is 0.418. The van der Waals surface area contributed by atoms with Gasteiger partial charge in [-0.3, -0.25) is 9.69 Å². The van der Waals surface area contributed by atoms with E-state index in [0.29, 0.717) is 13.1 Å². The fourth-order valence-corrected chi connectivity index (χ4v) is 2.49. The van der Waals surface area contributed by atoms with Crippen molar-refractivity contribution >= 4 is 5.91 Å². The van der Waals surface area contributed by atoms with E-state index in [4.69, 9.17) is 0 Å². The molecule has 124 valence electrons. The molecule has 0 saturated carbocycles. The van der Waals surface area contributed by atoms with Crippen molar-refractivity contribution in [1.82, 2.24) is 10.2 Å². The van der Waals surface area contributed by atoms with Crippen molar-refractivity contribution in [2.24, 2.45) is 0 Å². The summed E-state index contributed by atoms with van der Waals surface area (Å²) in [6, 6.07) is 9.92. The number of likely N-dealkylation sites (N-methyl/N-ethyl adjacent to an activating group) is 1. The molecule has 1 aromatic rings. The predicted octanol–water partition coefficient (Wildman–Crippen LogP) is 2.39. The zero-order valence-corrected chi connectivity index (χ0v) is 14.5. The van der Waals surface area contributed by atoms with E-state index < -0.39 is 5.60 Å². The van der Waals surface area contributed by atoms with Crippen molar-refractivity contribution in [3.63, 3.8) is 0 Å². The minimum atomic E-state index is -0.804. The quantitative estimate of drug-likeness (QED) is 0.775. The van der Waals surface area contributed by atoms with Crippen LogP contribution in [-0.4, -0.2) is 47.2 Å². The van der Waals surface area contributed by atoms with Crippen LogP contribution in [0.4, 0.5) is 0 Å².